The zero-order valence-electron chi connectivity index (χ0n) is 12.4. The Labute approximate surface area is 115 Å². The van der Waals surface area contributed by atoms with E-state index in [1.54, 1.807) is 7.05 Å². The first-order chi connectivity index (χ1) is 9.03. The summed E-state index contributed by atoms with van der Waals surface area (Å²) < 4.78 is 4.96. The maximum atomic E-state index is 12.5. The zero-order valence-corrected chi connectivity index (χ0v) is 12.4. The number of carbonyl (C=O) groups excluding carboxylic acids is 2. The van der Waals surface area contributed by atoms with Crippen molar-refractivity contribution in [2.45, 2.75) is 52.4 Å². The number of amidine groups is 1. The van der Waals surface area contributed by atoms with Gasteiger partial charge in [0.05, 0.1) is 7.11 Å². The molecule has 0 saturated heterocycles. The van der Waals surface area contributed by atoms with E-state index in [-0.39, 0.29) is 17.8 Å². The third-order valence-electron chi connectivity index (χ3n) is 3.85. The van der Waals surface area contributed by atoms with Gasteiger partial charge in [0.1, 0.15) is 5.41 Å². The fourth-order valence-corrected chi connectivity index (χ4v) is 2.50. The van der Waals surface area contributed by atoms with Crippen molar-refractivity contribution in [2.24, 2.45) is 10.4 Å². The molecule has 0 fully saturated rings. The summed E-state index contributed by atoms with van der Waals surface area (Å²) in [6.45, 7) is 4.01. The molecule has 0 spiro atoms. The highest BCUT2D eigenvalue weighted by Crippen LogP contribution is 2.35. The van der Waals surface area contributed by atoms with Crippen molar-refractivity contribution in [3.63, 3.8) is 0 Å². The van der Waals surface area contributed by atoms with Crippen LogP contribution in [0.5, 0.6) is 0 Å². The molecule has 1 aliphatic rings. The molecule has 0 bridgehead atoms. The topological polar surface area (TPSA) is 59.0 Å². The van der Waals surface area contributed by atoms with E-state index in [4.69, 9.17) is 4.74 Å². The quantitative estimate of drug-likeness (QED) is 0.549. The van der Waals surface area contributed by atoms with Gasteiger partial charge >= 0.3 is 6.02 Å². The largest absolute Gasteiger partial charge is 0.468 e. The standard InChI is InChI=1S/C14H24N2O3/c1-5-7-8-9-10-14(6-2)11(17)15-13(19-4)16(3)12(14)18/h5-10H2,1-4H3. The van der Waals surface area contributed by atoms with Crippen LogP contribution in [0.15, 0.2) is 4.99 Å². The molecule has 1 heterocycles. The molecular formula is C14H24N2O3. The minimum absolute atomic E-state index is 0.0904. The Morgan fingerprint density at radius 1 is 1.21 bits per heavy atom. The van der Waals surface area contributed by atoms with E-state index in [2.05, 4.69) is 11.9 Å². The van der Waals surface area contributed by atoms with Crippen molar-refractivity contribution in [1.29, 1.82) is 0 Å². The Balaban J connectivity index is 2.89. The molecule has 0 aromatic rings. The predicted octanol–water partition coefficient (Wildman–Crippen LogP) is 2.35. The number of aliphatic imine (C=N–C) groups is 1. The lowest BCUT2D eigenvalue weighted by molar-refractivity contribution is -0.149. The fourth-order valence-electron chi connectivity index (χ4n) is 2.50. The number of carbonyl (C=O) groups is 2. The lowest BCUT2D eigenvalue weighted by atomic mass is 9.77. The summed E-state index contributed by atoms with van der Waals surface area (Å²) in [6.07, 6.45) is 5.25. The van der Waals surface area contributed by atoms with Crippen molar-refractivity contribution < 1.29 is 14.3 Å². The third-order valence-corrected chi connectivity index (χ3v) is 3.85. The average Bonchev–Trinajstić information content (AvgIpc) is 2.42. The Morgan fingerprint density at radius 2 is 1.89 bits per heavy atom. The molecule has 0 aromatic carbocycles. The molecule has 0 aromatic heterocycles. The highest BCUT2D eigenvalue weighted by molar-refractivity contribution is 6.16. The van der Waals surface area contributed by atoms with E-state index in [1.165, 1.54) is 12.0 Å². The molecule has 5 heteroatoms. The molecule has 0 aliphatic carbocycles. The Morgan fingerprint density at radius 3 is 2.42 bits per heavy atom. The van der Waals surface area contributed by atoms with Gasteiger partial charge in [0.25, 0.3) is 5.91 Å². The minimum Gasteiger partial charge on any atom is -0.468 e. The molecular weight excluding hydrogens is 244 g/mol. The predicted molar refractivity (Wildman–Crippen MR) is 73.7 cm³/mol. The maximum Gasteiger partial charge on any atom is 0.301 e. The minimum atomic E-state index is -0.982. The van der Waals surface area contributed by atoms with Crippen molar-refractivity contribution in [2.75, 3.05) is 14.2 Å². The molecule has 0 saturated carbocycles. The highest BCUT2D eigenvalue weighted by Gasteiger charge is 2.49. The molecule has 0 radical (unpaired) electrons. The monoisotopic (exact) mass is 268 g/mol. The van der Waals surface area contributed by atoms with Gasteiger partial charge in [-0.25, -0.2) is 0 Å². The number of nitrogens with zero attached hydrogens (tertiary/aromatic N) is 2. The molecule has 1 atom stereocenters. The summed E-state index contributed by atoms with van der Waals surface area (Å²) in [5.41, 5.74) is -0.982. The number of rotatable bonds is 6. The summed E-state index contributed by atoms with van der Waals surface area (Å²) in [4.78, 5) is 30.0. The number of amides is 2. The van der Waals surface area contributed by atoms with Gasteiger partial charge in [-0.3, -0.25) is 14.5 Å². The van der Waals surface area contributed by atoms with Crippen LogP contribution in [0.4, 0.5) is 0 Å². The van der Waals surface area contributed by atoms with Gasteiger partial charge in [0.15, 0.2) is 0 Å². The first kappa shape index (κ1) is 15.7. The molecule has 2 amide bonds. The summed E-state index contributed by atoms with van der Waals surface area (Å²) in [5, 5.41) is 0. The maximum absolute atomic E-state index is 12.5. The van der Waals surface area contributed by atoms with Crippen LogP contribution in [0.3, 0.4) is 0 Å². The van der Waals surface area contributed by atoms with Crippen LogP contribution >= 0.6 is 0 Å². The second-order valence-electron chi connectivity index (χ2n) is 5.01. The number of unbranched alkanes of at least 4 members (excludes halogenated alkanes) is 3. The van der Waals surface area contributed by atoms with E-state index < -0.39 is 5.41 Å². The number of hydrogen-bond acceptors (Lipinski definition) is 3. The summed E-state index contributed by atoms with van der Waals surface area (Å²) in [7, 11) is 3.02. The van der Waals surface area contributed by atoms with E-state index in [9.17, 15) is 9.59 Å². The number of methoxy groups -OCH3 is 1. The van der Waals surface area contributed by atoms with Crippen molar-refractivity contribution in [1.82, 2.24) is 4.90 Å². The van der Waals surface area contributed by atoms with Gasteiger partial charge in [-0.05, 0) is 12.8 Å². The van der Waals surface area contributed by atoms with Gasteiger partial charge in [-0.1, -0.05) is 39.5 Å². The van der Waals surface area contributed by atoms with Crippen LogP contribution in [-0.2, 0) is 14.3 Å². The first-order valence-corrected chi connectivity index (χ1v) is 6.98. The van der Waals surface area contributed by atoms with Crippen LogP contribution in [0.2, 0.25) is 0 Å². The smallest absolute Gasteiger partial charge is 0.301 e. The number of hydrogen-bond donors (Lipinski definition) is 0. The second kappa shape index (κ2) is 6.68. The van der Waals surface area contributed by atoms with Crippen LogP contribution in [0, 0.1) is 5.41 Å². The van der Waals surface area contributed by atoms with E-state index in [0.29, 0.717) is 12.8 Å². The van der Waals surface area contributed by atoms with Crippen LogP contribution < -0.4 is 0 Å². The molecule has 1 unspecified atom stereocenters. The van der Waals surface area contributed by atoms with E-state index >= 15 is 0 Å². The van der Waals surface area contributed by atoms with Crippen LogP contribution in [-0.4, -0.2) is 36.9 Å². The molecule has 5 nitrogen and oxygen atoms in total. The summed E-state index contributed by atoms with van der Waals surface area (Å²) in [5.74, 6) is -0.546. The van der Waals surface area contributed by atoms with Gasteiger partial charge in [-0.15, -0.1) is 0 Å². The van der Waals surface area contributed by atoms with Crippen LogP contribution in [0.25, 0.3) is 0 Å². The Hall–Kier alpha value is -1.39. The third kappa shape index (κ3) is 2.96. The lowest BCUT2D eigenvalue weighted by Crippen LogP contribution is -2.53. The summed E-state index contributed by atoms with van der Waals surface area (Å²) >= 11 is 0. The lowest BCUT2D eigenvalue weighted by Gasteiger charge is -2.35. The molecule has 1 aliphatic heterocycles. The Bertz CT molecular complexity index is 379. The zero-order chi connectivity index (χ0) is 14.5. The van der Waals surface area contributed by atoms with Gasteiger partial charge in [0, 0.05) is 7.05 Å². The summed E-state index contributed by atoms with van der Waals surface area (Å²) in [6, 6.07) is 0.0904. The molecule has 19 heavy (non-hydrogen) atoms. The van der Waals surface area contributed by atoms with Crippen molar-refractivity contribution in [3.05, 3.63) is 0 Å². The molecule has 1 rings (SSSR count). The van der Waals surface area contributed by atoms with Crippen LogP contribution in [0.1, 0.15) is 52.4 Å². The second-order valence-corrected chi connectivity index (χ2v) is 5.01. The van der Waals surface area contributed by atoms with Crippen molar-refractivity contribution in [3.8, 4) is 0 Å². The number of ether oxygens (including phenoxy) is 1. The van der Waals surface area contributed by atoms with Gasteiger partial charge < -0.3 is 4.74 Å². The van der Waals surface area contributed by atoms with E-state index in [0.717, 1.165) is 25.7 Å². The van der Waals surface area contributed by atoms with Crippen molar-refractivity contribution >= 4 is 17.8 Å². The Kier molecular flexibility index (Phi) is 5.51. The highest BCUT2D eigenvalue weighted by atomic mass is 16.5. The van der Waals surface area contributed by atoms with Gasteiger partial charge in [-0.2, -0.15) is 4.99 Å². The molecule has 0 N–H and O–H groups in total. The fraction of sp³-hybridized carbons (Fsp3) is 0.786. The first-order valence-electron chi connectivity index (χ1n) is 6.98. The SMILES string of the molecule is CCCCCCC1(CC)C(=O)N=C(OC)N(C)C1=O. The average molecular weight is 268 g/mol. The van der Waals surface area contributed by atoms with E-state index in [1.807, 2.05) is 6.92 Å². The normalized spacial score (nSPS) is 23.6. The molecule has 108 valence electrons. The van der Waals surface area contributed by atoms with Gasteiger partial charge in [0.2, 0.25) is 5.91 Å².